The summed E-state index contributed by atoms with van der Waals surface area (Å²) in [6.07, 6.45) is 2.66. The van der Waals surface area contributed by atoms with Gasteiger partial charge in [0.2, 0.25) is 0 Å². The van der Waals surface area contributed by atoms with Crippen LogP contribution in [-0.4, -0.2) is 31.6 Å². The first-order valence-corrected chi connectivity index (χ1v) is 7.11. The van der Waals surface area contributed by atoms with Crippen molar-refractivity contribution in [1.82, 2.24) is 10.2 Å². The van der Waals surface area contributed by atoms with Gasteiger partial charge < -0.3 is 10.2 Å². The Morgan fingerprint density at radius 2 is 1.94 bits per heavy atom. The number of benzene rings is 1. The summed E-state index contributed by atoms with van der Waals surface area (Å²) < 4.78 is 0. The molecule has 1 aliphatic rings. The highest BCUT2D eigenvalue weighted by Gasteiger charge is 2.15. The van der Waals surface area contributed by atoms with E-state index in [1.54, 1.807) is 0 Å². The summed E-state index contributed by atoms with van der Waals surface area (Å²) in [5.74, 6) is 0.876. The Hall–Kier alpha value is -0.860. The van der Waals surface area contributed by atoms with E-state index in [1.807, 2.05) is 0 Å². The van der Waals surface area contributed by atoms with Crippen LogP contribution < -0.4 is 5.32 Å². The molecule has 1 aromatic rings. The van der Waals surface area contributed by atoms with Crippen LogP contribution in [0.4, 0.5) is 0 Å². The lowest BCUT2D eigenvalue weighted by Gasteiger charge is -2.28. The molecule has 0 radical (unpaired) electrons. The van der Waals surface area contributed by atoms with Crippen molar-refractivity contribution in [1.29, 1.82) is 0 Å². The first-order valence-electron chi connectivity index (χ1n) is 7.11. The van der Waals surface area contributed by atoms with Crippen LogP contribution in [0.1, 0.15) is 29.5 Å². The highest BCUT2D eigenvalue weighted by Crippen LogP contribution is 2.17. The quantitative estimate of drug-likeness (QED) is 0.879. The summed E-state index contributed by atoms with van der Waals surface area (Å²) >= 11 is 0. The summed E-state index contributed by atoms with van der Waals surface area (Å²) in [7, 11) is 2.25. The Labute approximate surface area is 111 Å². The third-order valence-electron chi connectivity index (χ3n) is 4.19. The SMILES string of the molecule is Cc1cccc(CN(C)CC2CCNCC2)c1C. The lowest BCUT2D eigenvalue weighted by molar-refractivity contribution is 0.234. The zero-order valence-corrected chi connectivity index (χ0v) is 12.0. The van der Waals surface area contributed by atoms with Crippen LogP contribution in [0.5, 0.6) is 0 Å². The molecule has 18 heavy (non-hydrogen) atoms. The summed E-state index contributed by atoms with van der Waals surface area (Å²) in [6, 6.07) is 6.64. The van der Waals surface area contributed by atoms with Crippen LogP contribution in [0.25, 0.3) is 0 Å². The smallest absolute Gasteiger partial charge is 0.0233 e. The van der Waals surface area contributed by atoms with E-state index in [4.69, 9.17) is 0 Å². The molecule has 0 aliphatic carbocycles. The first kappa shape index (κ1) is 13.6. The van der Waals surface area contributed by atoms with E-state index in [2.05, 4.69) is 49.3 Å². The van der Waals surface area contributed by atoms with Gasteiger partial charge in [0.15, 0.2) is 0 Å². The Morgan fingerprint density at radius 3 is 2.67 bits per heavy atom. The lowest BCUT2D eigenvalue weighted by atomic mass is 9.97. The third kappa shape index (κ3) is 3.56. The predicted octanol–water partition coefficient (Wildman–Crippen LogP) is 2.73. The van der Waals surface area contributed by atoms with Crippen molar-refractivity contribution in [3.63, 3.8) is 0 Å². The Kier molecular flexibility index (Phi) is 4.79. The van der Waals surface area contributed by atoms with Crippen molar-refractivity contribution in [3.05, 3.63) is 34.9 Å². The zero-order chi connectivity index (χ0) is 13.0. The van der Waals surface area contributed by atoms with Crippen LogP contribution in [-0.2, 0) is 6.54 Å². The fourth-order valence-corrected chi connectivity index (χ4v) is 2.84. The fourth-order valence-electron chi connectivity index (χ4n) is 2.84. The average Bonchev–Trinajstić information content (AvgIpc) is 2.36. The molecule has 0 bridgehead atoms. The molecule has 1 N–H and O–H groups in total. The second kappa shape index (κ2) is 6.35. The maximum atomic E-state index is 3.44. The molecule has 0 aromatic heterocycles. The molecule has 1 heterocycles. The Morgan fingerprint density at radius 1 is 1.22 bits per heavy atom. The van der Waals surface area contributed by atoms with Gasteiger partial charge in [-0.05, 0) is 69.4 Å². The second-order valence-electron chi connectivity index (χ2n) is 5.75. The number of hydrogen-bond acceptors (Lipinski definition) is 2. The van der Waals surface area contributed by atoms with Gasteiger partial charge >= 0.3 is 0 Å². The van der Waals surface area contributed by atoms with E-state index < -0.39 is 0 Å². The van der Waals surface area contributed by atoms with Crippen LogP contribution in [0.15, 0.2) is 18.2 Å². The minimum absolute atomic E-state index is 0.876. The molecule has 2 rings (SSSR count). The molecular formula is C16H26N2. The Balaban J connectivity index is 1.90. The monoisotopic (exact) mass is 246 g/mol. The summed E-state index contributed by atoms with van der Waals surface area (Å²) in [5, 5.41) is 3.44. The van der Waals surface area contributed by atoms with Gasteiger partial charge in [0.05, 0.1) is 0 Å². The van der Waals surface area contributed by atoms with Gasteiger partial charge in [0.1, 0.15) is 0 Å². The fraction of sp³-hybridized carbons (Fsp3) is 0.625. The number of rotatable bonds is 4. The predicted molar refractivity (Wildman–Crippen MR) is 77.8 cm³/mol. The highest BCUT2D eigenvalue weighted by atomic mass is 15.1. The van der Waals surface area contributed by atoms with Crippen LogP contribution in [0.2, 0.25) is 0 Å². The maximum absolute atomic E-state index is 3.44. The van der Waals surface area contributed by atoms with E-state index in [1.165, 1.54) is 49.2 Å². The first-order chi connectivity index (χ1) is 8.66. The summed E-state index contributed by atoms with van der Waals surface area (Å²) in [4.78, 5) is 2.48. The van der Waals surface area contributed by atoms with Gasteiger partial charge in [-0.25, -0.2) is 0 Å². The number of aryl methyl sites for hydroxylation is 1. The van der Waals surface area contributed by atoms with E-state index in [0.717, 1.165) is 12.5 Å². The largest absolute Gasteiger partial charge is 0.317 e. The number of piperidine rings is 1. The van der Waals surface area contributed by atoms with Gasteiger partial charge in [-0.2, -0.15) is 0 Å². The van der Waals surface area contributed by atoms with Crippen molar-refractivity contribution in [2.24, 2.45) is 5.92 Å². The number of nitrogens with one attached hydrogen (secondary N) is 1. The van der Waals surface area contributed by atoms with Crippen molar-refractivity contribution in [2.75, 3.05) is 26.7 Å². The highest BCUT2D eigenvalue weighted by molar-refractivity contribution is 5.32. The van der Waals surface area contributed by atoms with Gasteiger partial charge in [0, 0.05) is 13.1 Å². The van der Waals surface area contributed by atoms with Gasteiger partial charge in [-0.1, -0.05) is 18.2 Å². The maximum Gasteiger partial charge on any atom is 0.0233 e. The molecule has 0 amide bonds. The van der Waals surface area contributed by atoms with E-state index in [0.29, 0.717) is 0 Å². The molecule has 2 heteroatoms. The minimum Gasteiger partial charge on any atom is -0.317 e. The van der Waals surface area contributed by atoms with Crippen molar-refractivity contribution >= 4 is 0 Å². The second-order valence-corrected chi connectivity index (χ2v) is 5.75. The number of hydrogen-bond donors (Lipinski definition) is 1. The standard InChI is InChI=1S/C16H26N2/c1-13-5-4-6-16(14(13)2)12-18(3)11-15-7-9-17-10-8-15/h4-6,15,17H,7-12H2,1-3H3. The molecule has 1 aromatic carbocycles. The molecular weight excluding hydrogens is 220 g/mol. The van der Waals surface area contributed by atoms with Crippen molar-refractivity contribution in [3.8, 4) is 0 Å². The van der Waals surface area contributed by atoms with Crippen molar-refractivity contribution < 1.29 is 0 Å². The van der Waals surface area contributed by atoms with Crippen LogP contribution in [0, 0.1) is 19.8 Å². The molecule has 1 fully saturated rings. The molecule has 0 atom stereocenters. The molecule has 1 aliphatic heterocycles. The lowest BCUT2D eigenvalue weighted by Crippen LogP contribution is -2.34. The normalized spacial score (nSPS) is 17.3. The topological polar surface area (TPSA) is 15.3 Å². The molecule has 0 spiro atoms. The molecule has 0 saturated carbocycles. The van der Waals surface area contributed by atoms with Crippen LogP contribution >= 0.6 is 0 Å². The van der Waals surface area contributed by atoms with Crippen molar-refractivity contribution in [2.45, 2.75) is 33.2 Å². The zero-order valence-electron chi connectivity index (χ0n) is 12.0. The molecule has 0 unspecified atom stereocenters. The van der Waals surface area contributed by atoms with Crippen LogP contribution in [0.3, 0.4) is 0 Å². The van der Waals surface area contributed by atoms with Gasteiger partial charge in [0.25, 0.3) is 0 Å². The van der Waals surface area contributed by atoms with E-state index in [9.17, 15) is 0 Å². The number of nitrogens with zero attached hydrogens (tertiary/aromatic N) is 1. The Bertz CT molecular complexity index is 381. The van der Waals surface area contributed by atoms with E-state index >= 15 is 0 Å². The summed E-state index contributed by atoms with van der Waals surface area (Å²) in [5.41, 5.74) is 4.34. The molecule has 1 saturated heterocycles. The van der Waals surface area contributed by atoms with Gasteiger partial charge in [-0.15, -0.1) is 0 Å². The average molecular weight is 246 g/mol. The summed E-state index contributed by atoms with van der Waals surface area (Å²) in [6.45, 7) is 9.14. The van der Waals surface area contributed by atoms with Gasteiger partial charge in [-0.3, -0.25) is 0 Å². The molecule has 100 valence electrons. The third-order valence-corrected chi connectivity index (χ3v) is 4.19. The minimum atomic E-state index is 0.876. The molecule has 2 nitrogen and oxygen atoms in total. The van der Waals surface area contributed by atoms with E-state index in [-0.39, 0.29) is 0 Å².